The third-order valence-corrected chi connectivity index (χ3v) is 11.5. The van der Waals surface area contributed by atoms with Gasteiger partial charge in [-0.1, -0.05) is 67.0 Å². The number of carboxylic acid groups (broad SMARTS) is 1. The normalized spacial score (nSPS) is 22.3. The number of amides is 4. The van der Waals surface area contributed by atoms with Gasteiger partial charge in [0.1, 0.15) is 17.9 Å². The highest BCUT2D eigenvalue weighted by Gasteiger charge is 2.57. The highest BCUT2D eigenvalue weighted by molar-refractivity contribution is 5.90. The Bertz CT molecular complexity index is 1460. The largest absolute Gasteiger partial charge is 0.480 e. The third kappa shape index (κ3) is 10.8. The standard InChI is InChI=1S/C40H64FN5O8/c1-12-23(6)35(45(9)39(50)34(22(4)5)44-38(49)33(42-8)21(2)3)31(53-10)20-32(47)46-29-18-26(29)19-30(46)36(54-11)24(7)37(48)43-28(40(51)52)17-25-14-13-15-27(41)16-25/h13-16,21-24,26,28-31,33-36,42H,12,17-20H2,1-11H3,(H,43,48)(H,44,49)(H,51,52)/t23-,24+,26-,28-,29?,30-,31?,33-,34-,35-,36?/m0/s1. The molecule has 0 aromatic heterocycles. The molecule has 304 valence electrons. The van der Waals surface area contributed by atoms with Gasteiger partial charge in [-0.05, 0) is 61.3 Å². The number of methoxy groups -OCH3 is 2. The van der Waals surface area contributed by atoms with Crippen LogP contribution in [-0.4, -0.2) is 121 Å². The van der Waals surface area contributed by atoms with E-state index in [4.69, 9.17) is 9.47 Å². The van der Waals surface area contributed by atoms with Crippen molar-refractivity contribution >= 4 is 29.6 Å². The van der Waals surface area contributed by atoms with Crippen molar-refractivity contribution in [3.8, 4) is 0 Å². The molecule has 1 aliphatic heterocycles. The van der Waals surface area contributed by atoms with Gasteiger partial charge in [0.25, 0.3) is 0 Å². The van der Waals surface area contributed by atoms with Gasteiger partial charge in [-0.3, -0.25) is 19.2 Å². The van der Waals surface area contributed by atoms with E-state index in [0.29, 0.717) is 18.4 Å². The number of aliphatic carboxylic acids is 1. The van der Waals surface area contributed by atoms with Crippen LogP contribution in [0, 0.1) is 35.4 Å². The number of rotatable bonds is 21. The number of hydrogen-bond donors (Lipinski definition) is 4. The molecule has 0 spiro atoms. The Labute approximate surface area is 320 Å². The molecule has 1 saturated carbocycles. The molecule has 54 heavy (non-hydrogen) atoms. The lowest BCUT2D eigenvalue weighted by molar-refractivity contribution is -0.149. The lowest BCUT2D eigenvalue weighted by atomic mass is 9.89. The Hall–Kier alpha value is -3.62. The first-order valence-electron chi connectivity index (χ1n) is 19.3. The van der Waals surface area contributed by atoms with Gasteiger partial charge in [-0.2, -0.15) is 0 Å². The number of carboxylic acids is 1. The molecule has 2 aliphatic rings. The minimum atomic E-state index is -1.29. The number of benzene rings is 1. The number of carbonyl (C=O) groups excluding carboxylic acids is 4. The number of likely N-dealkylation sites (N-methyl/N-ethyl adjacent to an activating group) is 2. The monoisotopic (exact) mass is 761 g/mol. The molecule has 2 fully saturated rings. The van der Waals surface area contributed by atoms with Crippen LogP contribution in [0.1, 0.15) is 79.7 Å². The fraction of sp³-hybridized carbons (Fsp3) is 0.725. The van der Waals surface area contributed by atoms with Gasteiger partial charge >= 0.3 is 5.97 Å². The van der Waals surface area contributed by atoms with E-state index in [1.54, 1.807) is 32.0 Å². The average Bonchev–Trinajstić information content (AvgIpc) is 3.78. The summed E-state index contributed by atoms with van der Waals surface area (Å²) in [7, 11) is 6.42. The summed E-state index contributed by atoms with van der Waals surface area (Å²) in [6, 6.07) is 2.06. The Morgan fingerprint density at radius 2 is 1.61 bits per heavy atom. The lowest BCUT2D eigenvalue weighted by Gasteiger charge is -2.41. The highest BCUT2D eigenvalue weighted by Crippen LogP contribution is 2.50. The van der Waals surface area contributed by atoms with E-state index < -0.39 is 66.0 Å². The zero-order valence-electron chi connectivity index (χ0n) is 33.9. The minimum Gasteiger partial charge on any atom is -0.480 e. The fourth-order valence-electron chi connectivity index (χ4n) is 8.15. The summed E-state index contributed by atoms with van der Waals surface area (Å²) in [5.41, 5.74) is 0.431. The maximum absolute atomic E-state index is 14.4. The van der Waals surface area contributed by atoms with E-state index in [2.05, 4.69) is 16.0 Å². The van der Waals surface area contributed by atoms with Gasteiger partial charge in [0.15, 0.2) is 0 Å². The molecule has 3 rings (SSSR count). The van der Waals surface area contributed by atoms with Gasteiger partial charge in [-0.25, -0.2) is 9.18 Å². The van der Waals surface area contributed by atoms with Gasteiger partial charge in [0, 0.05) is 33.7 Å². The number of ether oxygens (including phenoxy) is 2. The van der Waals surface area contributed by atoms with Crippen molar-refractivity contribution in [1.29, 1.82) is 0 Å². The lowest BCUT2D eigenvalue weighted by Crippen LogP contribution is -2.59. The summed E-state index contributed by atoms with van der Waals surface area (Å²) < 4.78 is 25.7. The molecule has 4 amide bonds. The van der Waals surface area contributed by atoms with Crippen LogP contribution in [0.4, 0.5) is 4.39 Å². The molecular weight excluding hydrogens is 697 g/mol. The van der Waals surface area contributed by atoms with Gasteiger partial charge in [0.05, 0.1) is 42.7 Å². The molecule has 0 bridgehead atoms. The van der Waals surface area contributed by atoms with Crippen LogP contribution in [-0.2, 0) is 39.9 Å². The first kappa shape index (κ1) is 44.8. The van der Waals surface area contributed by atoms with Gasteiger partial charge < -0.3 is 40.3 Å². The summed E-state index contributed by atoms with van der Waals surface area (Å²) >= 11 is 0. The van der Waals surface area contributed by atoms with Crippen molar-refractivity contribution < 1.29 is 42.9 Å². The molecular formula is C40H64FN5O8. The van der Waals surface area contributed by atoms with Crippen LogP contribution in [0.2, 0.25) is 0 Å². The second kappa shape index (κ2) is 19.8. The first-order valence-corrected chi connectivity index (χ1v) is 19.3. The topological polar surface area (TPSA) is 167 Å². The number of hydrogen-bond acceptors (Lipinski definition) is 8. The molecule has 1 aromatic carbocycles. The first-order chi connectivity index (χ1) is 25.4. The van der Waals surface area contributed by atoms with Crippen molar-refractivity contribution in [2.75, 3.05) is 28.3 Å². The molecule has 14 heteroatoms. The minimum absolute atomic E-state index is 0.0105. The number of fused-ring (bicyclic) bond motifs is 1. The SMILES string of the molecule is CC[C@H](C)[C@@H](C(CC(=O)N1C2C[C@H]2C[C@H]1C(OC)[C@@H](C)C(=O)N[C@@H](Cc1cccc(F)c1)C(=O)O)OC)N(C)C(=O)[C@@H](NC(=O)[C@@H](NC)C(C)C)C(C)C. The number of halogens is 1. The summed E-state index contributed by atoms with van der Waals surface area (Å²) in [6.07, 6.45) is 0.626. The van der Waals surface area contributed by atoms with E-state index >= 15 is 0 Å². The van der Waals surface area contributed by atoms with Crippen molar-refractivity contribution in [3.63, 3.8) is 0 Å². The van der Waals surface area contributed by atoms with E-state index in [1.165, 1.54) is 32.4 Å². The quantitative estimate of drug-likeness (QED) is 0.147. The van der Waals surface area contributed by atoms with Crippen LogP contribution >= 0.6 is 0 Å². The molecule has 4 N–H and O–H groups in total. The van der Waals surface area contributed by atoms with Crippen molar-refractivity contribution in [2.24, 2.45) is 29.6 Å². The van der Waals surface area contributed by atoms with Crippen LogP contribution in [0.3, 0.4) is 0 Å². The van der Waals surface area contributed by atoms with Crippen molar-refractivity contribution in [1.82, 2.24) is 25.8 Å². The molecule has 1 saturated heterocycles. The summed E-state index contributed by atoms with van der Waals surface area (Å²) in [6.45, 7) is 13.3. The maximum Gasteiger partial charge on any atom is 0.326 e. The number of piperidine rings is 1. The van der Waals surface area contributed by atoms with E-state index in [1.807, 2.05) is 46.4 Å². The number of nitrogens with zero attached hydrogens (tertiary/aromatic N) is 2. The molecule has 1 heterocycles. The zero-order chi connectivity index (χ0) is 40.6. The number of nitrogens with one attached hydrogen (secondary N) is 3. The Kier molecular flexibility index (Phi) is 16.4. The summed E-state index contributed by atoms with van der Waals surface area (Å²) in [4.78, 5) is 70.8. The Balaban J connectivity index is 1.80. The number of carbonyl (C=O) groups is 5. The van der Waals surface area contributed by atoms with E-state index in [0.717, 1.165) is 6.42 Å². The predicted octanol–water partition coefficient (Wildman–Crippen LogP) is 3.24. The molecule has 1 aliphatic carbocycles. The summed E-state index contributed by atoms with van der Waals surface area (Å²) in [5, 5.41) is 18.5. The zero-order valence-corrected chi connectivity index (χ0v) is 33.9. The Morgan fingerprint density at radius 1 is 0.963 bits per heavy atom. The van der Waals surface area contributed by atoms with Crippen LogP contribution in [0.5, 0.6) is 0 Å². The van der Waals surface area contributed by atoms with Gasteiger partial charge in [-0.15, -0.1) is 0 Å². The average molecular weight is 762 g/mol. The maximum atomic E-state index is 14.4. The molecule has 1 aromatic rings. The third-order valence-electron chi connectivity index (χ3n) is 11.5. The molecule has 13 nitrogen and oxygen atoms in total. The van der Waals surface area contributed by atoms with Crippen LogP contribution in [0.15, 0.2) is 24.3 Å². The van der Waals surface area contributed by atoms with Gasteiger partial charge in [0.2, 0.25) is 23.6 Å². The van der Waals surface area contributed by atoms with Crippen LogP contribution < -0.4 is 16.0 Å². The van der Waals surface area contributed by atoms with Crippen molar-refractivity contribution in [3.05, 3.63) is 35.6 Å². The summed E-state index contributed by atoms with van der Waals surface area (Å²) in [5.74, 6) is -3.84. The Morgan fingerprint density at radius 3 is 2.13 bits per heavy atom. The highest BCUT2D eigenvalue weighted by atomic mass is 19.1. The number of likely N-dealkylation sites (tertiary alicyclic amines) is 1. The molecule has 0 radical (unpaired) electrons. The second-order valence-corrected chi connectivity index (χ2v) is 15.9. The smallest absolute Gasteiger partial charge is 0.326 e. The molecule has 3 unspecified atom stereocenters. The van der Waals surface area contributed by atoms with Crippen LogP contribution in [0.25, 0.3) is 0 Å². The molecule has 11 atom stereocenters. The van der Waals surface area contributed by atoms with E-state index in [9.17, 15) is 33.5 Å². The van der Waals surface area contributed by atoms with Crippen molar-refractivity contribution in [2.45, 2.75) is 129 Å². The second-order valence-electron chi connectivity index (χ2n) is 15.9. The fourth-order valence-corrected chi connectivity index (χ4v) is 8.15. The van der Waals surface area contributed by atoms with E-state index in [-0.39, 0.29) is 60.3 Å². The predicted molar refractivity (Wildman–Crippen MR) is 203 cm³/mol.